The highest BCUT2D eigenvalue weighted by molar-refractivity contribution is 5.90. The van der Waals surface area contributed by atoms with Crippen molar-refractivity contribution < 1.29 is 14.7 Å². The van der Waals surface area contributed by atoms with E-state index in [0.29, 0.717) is 17.9 Å². The van der Waals surface area contributed by atoms with Gasteiger partial charge in [0.05, 0.1) is 0 Å². The van der Waals surface area contributed by atoms with Crippen LogP contribution in [0.1, 0.15) is 5.56 Å². The van der Waals surface area contributed by atoms with E-state index in [-0.39, 0.29) is 6.03 Å². The van der Waals surface area contributed by atoms with Gasteiger partial charge in [0.1, 0.15) is 5.65 Å². The molecule has 0 radical (unpaired) electrons. The second kappa shape index (κ2) is 6.69. The average molecular weight is 325 g/mol. The molecular formula is C16H15N5O3. The number of imidazole rings is 1. The SMILES string of the molecule is O=C(O)Nc1ccc(NC(=O)NCc2ccn3ccnc3c2)cc1. The van der Waals surface area contributed by atoms with Gasteiger partial charge in [-0.3, -0.25) is 5.32 Å². The standard InChI is InChI=1S/C16H15N5O3/c22-15(19-12-1-3-13(4-2-12)20-16(23)24)18-10-11-5-7-21-8-6-17-14(21)9-11/h1-9,20H,10H2,(H,23,24)(H2,18,19,22). The zero-order valence-corrected chi connectivity index (χ0v) is 12.6. The Morgan fingerprint density at radius 1 is 1.04 bits per heavy atom. The second-order valence-corrected chi connectivity index (χ2v) is 5.04. The van der Waals surface area contributed by atoms with Crippen LogP contribution in [0.4, 0.5) is 21.0 Å². The van der Waals surface area contributed by atoms with E-state index in [9.17, 15) is 9.59 Å². The summed E-state index contributed by atoms with van der Waals surface area (Å²) in [5.41, 5.74) is 2.75. The molecule has 0 saturated carbocycles. The highest BCUT2D eigenvalue weighted by Gasteiger charge is 2.04. The maximum absolute atomic E-state index is 11.9. The Hall–Kier alpha value is -3.55. The number of nitrogens with one attached hydrogen (secondary N) is 3. The lowest BCUT2D eigenvalue weighted by Crippen LogP contribution is -2.28. The van der Waals surface area contributed by atoms with E-state index in [0.717, 1.165) is 11.2 Å². The number of nitrogens with zero attached hydrogens (tertiary/aromatic N) is 2. The van der Waals surface area contributed by atoms with Crippen LogP contribution in [-0.2, 0) is 6.54 Å². The third-order valence-electron chi connectivity index (χ3n) is 3.31. The minimum atomic E-state index is -1.14. The summed E-state index contributed by atoms with van der Waals surface area (Å²) in [6.45, 7) is 0.369. The lowest BCUT2D eigenvalue weighted by molar-refractivity contribution is 0.209. The highest BCUT2D eigenvalue weighted by Crippen LogP contribution is 2.13. The third kappa shape index (κ3) is 3.80. The van der Waals surface area contributed by atoms with Crippen molar-refractivity contribution >= 4 is 29.1 Å². The van der Waals surface area contributed by atoms with Crippen molar-refractivity contribution in [3.63, 3.8) is 0 Å². The molecule has 0 aliphatic carbocycles. The first-order valence-corrected chi connectivity index (χ1v) is 7.16. The van der Waals surface area contributed by atoms with E-state index < -0.39 is 6.09 Å². The molecule has 3 aromatic rings. The van der Waals surface area contributed by atoms with Gasteiger partial charge in [-0.05, 0) is 42.0 Å². The number of rotatable bonds is 4. The van der Waals surface area contributed by atoms with Gasteiger partial charge in [-0.1, -0.05) is 0 Å². The molecule has 0 aliphatic rings. The summed E-state index contributed by atoms with van der Waals surface area (Å²) in [5.74, 6) is 0. The van der Waals surface area contributed by atoms with Crippen molar-refractivity contribution in [1.29, 1.82) is 0 Å². The van der Waals surface area contributed by atoms with E-state index in [4.69, 9.17) is 5.11 Å². The molecule has 2 aromatic heterocycles. The minimum absolute atomic E-state index is 0.350. The molecule has 122 valence electrons. The minimum Gasteiger partial charge on any atom is -0.465 e. The van der Waals surface area contributed by atoms with Gasteiger partial charge < -0.3 is 20.1 Å². The Kier molecular flexibility index (Phi) is 4.28. The predicted molar refractivity (Wildman–Crippen MR) is 89.1 cm³/mol. The van der Waals surface area contributed by atoms with E-state index in [1.165, 1.54) is 0 Å². The Balaban J connectivity index is 1.54. The lowest BCUT2D eigenvalue weighted by atomic mass is 10.2. The number of fused-ring (bicyclic) bond motifs is 1. The molecule has 0 bridgehead atoms. The van der Waals surface area contributed by atoms with Crippen LogP contribution in [0.25, 0.3) is 5.65 Å². The topological polar surface area (TPSA) is 108 Å². The molecule has 0 atom stereocenters. The predicted octanol–water partition coefficient (Wildman–Crippen LogP) is 2.75. The summed E-state index contributed by atoms with van der Waals surface area (Å²) in [7, 11) is 0. The van der Waals surface area contributed by atoms with Crippen LogP contribution in [0, 0.1) is 0 Å². The number of benzene rings is 1. The monoisotopic (exact) mass is 325 g/mol. The second-order valence-electron chi connectivity index (χ2n) is 5.04. The summed E-state index contributed by atoms with van der Waals surface area (Å²) >= 11 is 0. The van der Waals surface area contributed by atoms with Crippen molar-refractivity contribution in [1.82, 2.24) is 14.7 Å². The van der Waals surface area contributed by atoms with E-state index in [1.807, 2.05) is 28.9 Å². The molecule has 8 heteroatoms. The number of aromatic nitrogens is 2. The first-order chi connectivity index (χ1) is 11.6. The van der Waals surface area contributed by atoms with Gasteiger partial charge in [-0.25, -0.2) is 14.6 Å². The molecule has 0 spiro atoms. The maximum Gasteiger partial charge on any atom is 0.409 e. The number of urea groups is 1. The van der Waals surface area contributed by atoms with Crippen LogP contribution < -0.4 is 16.0 Å². The van der Waals surface area contributed by atoms with Crippen LogP contribution in [-0.4, -0.2) is 26.6 Å². The van der Waals surface area contributed by atoms with Crippen LogP contribution >= 0.6 is 0 Å². The summed E-state index contributed by atoms with van der Waals surface area (Å²) < 4.78 is 1.89. The third-order valence-corrected chi connectivity index (χ3v) is 3.31. The molecule has 0 fully saturated rings. The Bertz CT molecular complexity index is 873. The quantitative estimate of drug-likeness (QED) is 0.591. The molecule has 0 aliphatic heterocycles. The molecule has 0 saturated heterocycles. The first kappa shape index (κ1) is 15.3. The largest absolute Gasteiger partial charge is 0.465 e. The number of anilines is 2. The molecular weight excluding hydrogens is 310 g/mol. The van der Waals surface area contributed by atoms with Gasteiger partial charge in [0, 0.05) is 36.5 Å². The Morgan fingerprint density at radius 3 is 2.46 bits per heavy atom. The molecule has 24 heavy (non-hydrogen) atoms. The number of carbonyl (C=O) groups excluding carboxylic acids is 1. The van der Waals surface area contributed by atoms with Crippen molar-refractivity contribution in [3.05, 3.63) is 60.6 Å². The average Bonchev–Trinajstić information content (AvgIpc) is 3.02. The number of carboxylic acid groups (broad SMARTS) is 1. The fourth-order valence-electron chi connectivity index (χ4n) is 2.18. The fraction of sp³-hybridized carbons (Fsp3) is 0.0625. The highest BCUT2D eigenvalue weighted by atomic mass is 16.4. The van der Waals surface area contributed by atoms with Crippen LogP contribution in [0.5, 0.6) is 0 Å². The van der Waals surface area contributed by atoms with Crippen LogP contribution in [0.2, 0.25) is 0 Å². The summed E-state index contributed by atoms with van der Waals surface area (Å²) in [6, 6.07) is 9.81. The van der Waals surface area contributed by atoms with Crippen molar-refractivity contribution in [2.75, 3.05) is 10.6 Å². The molecule has 4 N–H and O–H groups in total. The molecule has 3 rings (SSSR count). The van der Waals surface area contributed by atoms with E-state index in [2.05, 4.69) is 20.9 Å². The smallest absolute Gasteiger partial charge is 0.409 e. The zero-order valence-electron chi connectivity index (χ0n) is 12.6. The van der Waals surface area contributed by atoms with Gasteiger partial charge >= 0.3 is 12.1 Å². The zero-order chi connectivity index (χ0) is 16.9. The van der Waals surface area contributed by atoms with Gasteiger partial charge in [0.15, 0.2) is 0 Å². The van der Waals surface area contributed by atoms with Gasteiger partial charge in [-0.2, -0.15) is 0 Å². The number of pyridine rings is 1. The molecule has 0 unspecified atom stereocenters. The van der Waals surface area contributed by atoms with Gasteiger partial charge in [0.25, 0.3) is 0 Å². The summed E-state index contributed by atoms with van der Waals surface area (Å²) in [4.78, 5) is 26.6. The summed E-state index contributed by atoms with van der Waals surface area (Å²) in [6.07, 6.45) is 4.30. The normalized spacial score (nSPS) is 10.3. The van der Waals surface area contributed by atoms with Crippen LogP contribution in [0.15, 0.2) is 55.0 Å². The van der Waals surface area contributed by atoms with Crippen molar-refractivity contribution in [2.45, 2.75) is 6.54 Å². The van der Waals surface area contributed by atoms with Gasteiger partial charge in [-0.15, -0.1) is 0 Å². The summed E-state index contributed by atoms with van der Waals surface area (Å²) in [5, 5.41) is 16.3. The number of amides is 3. The molecule has 3 amide bonds. The van der Waals surface area contributed by atoms with Crippen molar-refractivity contribution in [2.24, 2.45) is 0 Å². The molecule has 8 nitrogen and oxygen atoms in total. The Morgan fingerprint density at radius 2 is 1.75 bits per heavy atom. The van der Waals surface area contributed by atoms with Gasteiger partial charge in [0.2, 0.25) is 0 Å². The molecule has 2 heterocycles. The number of hydrogen-bond donors (Lipinski definition) is 4. The number of hydrogen-bond acceptors (Lipinski definition) is 3. The fourth-order valence-corrected chi connectivity index (χ4v) is 2.18. The van der Waals surface area contributed by atoms with Crippen molar-refractivity contribution in [3.8, 4) is 0 Å². The maximum atomic E-state index is 11.9. The Labute approximate surface area is 137 Å². The van der Waals surface area contributed by atoms with Crippen LogP contribution in [0.3, 0.4) is 0 Å². The lowest BCUT2D eigenvalue weighted by Gasteiger charge is -2.09. The van der Waals surface area contributed by atoms with E-state index >= 15 is 0 Å². The number of carbonyl (C=O) groups is 2. The van der Waals surface area contributed by atoms with E-state index in [1.54, 1.807) is 30.5 Å². The first-order valence-electron chi connectivity index (χ1n) is 7.16. The molecule has 1 aromatic carbocycles.